The Morgan fingerprint density at radius 1 is 1.64 bits per heavy atom. The van der Waals surface area contributed by atoms with Gasteiger partial charge in [-0.25, -0.2) is 4.98 Å². The van der Waals surface area contributed by atoms with Crippen molar-refractivity contribution in [2.24, 2.45) is 0 Å². The van der Waals surface area contributed by atoms with E-state index in [1.54, 1.807) is 0 Å². The molecular formula is C6H11N3OS. The summed E-state index contributed by atoms with van der Waals surface area (Å²) in [5, 5.41) is 0.830. The minimum absolute atomic E-state index is 0.222. The zero-order valence-electron chi connectivity index (χ0n) is 6.57. The van der Waals surface area contributed by atoms with Crippen LogP contribution in [0.4, 0.5) is 5.95 Å². The molecule has 0 bridgehead atoms. The standard InChI is InChI=1S/C6H11N3OS/c1-4(2)10-3-5-8-6(7)9-11-5/h4H,3H2,1-2H3,(H2,7,9). The number of hydrogen-bond donors (Lipinski definition) is 1. The Morgan fingerprint density at radius 3 is 2.82 bits per heavy atom. The zero-order valence-corrected chi connectivity index (χ0v) is 7.39. The summed E-state index contributed by atoms with van der Waals surface area (Å²) in [5.41, 5.74) is 5.32. The molecular weight excluding hydrogens is 162 g/mol. The Hall–Kier alpha value is -0.680. The molecule has 0 saturated carbocycles. The Bertz CT molecular complexity index is 223. The lowest BCUT2D eigenvalue weighted by molar-refractivity contribution is 0.0656. The molecule has 0 aromatic carbocycles. The lowest BCUT2D eigenvalue weighted by Crippen LogP contribution is -2.01. The topological polar surface area (TPSA) is 61.0 Å². The highest BCUT2D eigenvalue weighted by Crippen LogP contribution is 2.07. The first-order valence-corrected chi connectivity index (χ1v) is 4.15. The summed E-state index contributed by atoms with van der Waals surface area (Å²) in [5.74, 6) is 0.331. The zero-order chi connectivity index (χ0) is 8.27. The molecule has 0 fully saturated rings. The predicted octanol–water partition coefficient (Wildman–Crippen LogP) is 1.05. The second kappa shape index (κ2) is 3.64. The van der Waals surface area contributed by atoms with Crippen LogP contribution in [-0.2, 0) is 11.3 Å². The first kappa shape index (κ1) is 8.42. The Morgan fingerprint density at radius 2 is 2.36 bits per heavy atom. The summed E-state index contributed by atoms with van der Waals surface area (Å²) >= 11 is 1.28. The van der Waals surface area contributed by atoms with Gasteiger partial charge in [-0.05, 0) is 25.4 Å². The summed E-state index contributed by atoms with van der Waals surface area (Å²) in [6.45, 7) is 4.46. The molecule has 4 nitrogen and oxygen atoms in total. The number of nitrogen functional groups attached to an aromatic ring is 1. The number of ether oxygens (including phenoxy) is 1. The number of rotatable bonds is 3. The van der Waals surface area contributed by atoms with E-state index < -0.39 is 0 Å². The van der Waals surface area contributed by atoms with Crippen molar-refractivity contribution >= 4 is 17.5 Å². The van der Waals surface area contributed by atoms with Gasteiger partial charge in [0.05, 0.1) is 6.10 Å². The quantitative estimate of drug-likeness (QED) is 0.742. The maximum atomic E-state index is 5.32. The maximum Gasteiger partial charge on any atom is 0.232 e. The van der Waals surface area contributed by atoms with E-state index in [-0.39, 0.29) is 6.10 Å². The van der Waals surface area contributed by atoms with Gasteiger partial charge in [-0.3, -0.25) is 0 Å². The molecule has 62 valence electrons. The summed E-state index contributed by atoms with van der Waals surface area (Å²) in [4.78, 5) is 3.94. The van der Waals surface area contributed by atoms with Crippen molar-refractivity contribution in [3.63, 3.8) is 0 Å². The van der Waals surface area contributed by atoms with E-state index in [9.17, 15) is 0 Å². The molecule has 0 atom stereocenters. The van der Waals surface area contributed by atoms with E-state index in [0.29, 0.717) is 12.6 Å². The Kier molecular flexibility index (Phi) is 2.78. The summed E-state index contributed by atoms with van der Waals surface area (Å²) < 4.78 is 9.12. The molecule has 0 spiro atoms. The summed E-state index contributed by atoms with van der Waals surface area (Å²) in [7, 11) is 0. The van der Waals surface area contributed by atoms with Gasteiger partial charge in [0.25, 0.3) is 0 Å². The fourth-order valence-corrected chi connectivity index (χ4v) is 1.06. The number of aromatic nitrogens is 2. The van der Waals surface area contributed by atoms with Crippen molar-refractivity contribution in [1.82, 2.24) is 9.36 Å². The van der Waals surface area contributed by atoms with Crippen molar-refractivity contribution in [3.8, 4) is 0 Å². The number of nitrogens with zero attached hydrogens (tertiary/aromatic N) is 2. The third kappa shape index (κ3) is 2.81. The van der Waals surface area contributed by atoms with Crippen molar-refractivity contribution < 1.29 is 4.74 Å². The van der Waals surface area contributed by atoms with Gasteiger partial charge in [-0.1, -0.05) is 0 Å². The van der Waals surface area contributed by atoms with Gasteiger partial charge in [0.15, 0.2) is 0 Å². The lowest BCUT2D eigenvalue weighted by Gasteiger charge is -2.02. The molecule has 11 heavy (non-hydrogen) atoms. The molecule has 0 saturated heterocycles. The smallest absolute Gasteiger partial charge is 0.232 e. The maximum absolute atomic E-state index is 5.32. The van der Waals surface area contributed by atoms with Crippen LogP contribution in [0.25, 0.3) is 0 Å². The van der Waals surface area contributed by atoms with Crippen LogP contribution < -0.4 is 5.73 Å². The van der Waals surface area contributed by atoms with Gasteiger partial charge in [-0.15, -0.1) is 0 Å². The minimum atomic E-state index is 0.222. The molecule has 0 unspecified atom stereocenters. The van der Waals surface area contributed by atoms with Gasteiger partial charge in [0.2, 0.25) is 5.95 Å². The van der Waals surface area contributed by atoms with E-state index in [1.807, 2.05) is 13.8 Å². The van der Waals surface area contributed by atoms with E-state index in [4.69, 9.17) is 10.5 Å². The second-order valence-electron chi connectivity index (χ2n) is 2.41. The second-order valence-corrected chi connectivity index (χ2v) is 3.24. The molecule has 1 heterocycles. The molecule has 2 N–H and O–H groups in total. The molecule has 0 aliphatic rings. The highest BCUT2D eigenvalue weighted by atomic mass is 32.1. The van der Waals surface area contributed by atoms with E-state index in [2.05, 4.69) is 9.36 Å². The van der Waals surface area contributed by atoms with Crippen LogP contribution in [0.2, 0.25) is 0 Å². The summed E-state index contributed by atoms with van der Waals surface area (Å²) in [6, 6.07) is 0. The monoisotopic (exact) mass is 173 g/mol. The van der Waals surface area contributed by atoms with E-state index in [0.717, 1.165) is 5.01 Å². The van der Waals surface area contributed by atoms with Gasteiger partial charge in [0.1, 0.15) is 11.6 Å². The lowest BCUT2D eigenvalue weighted by atomic mass is 10.5. The highest BCUT2D eigenvalue weighted by Gasteiger charge is 2.01. The Balaban J connectivity index is 2.39. The van der Waals surface area contributed by atoms with Crippen molar-refractivity contribution in [1.29, 1.82) is 0 Å². The first-order chi connectivity index (χ1) is 5.18. The van der Waals surface area contributed by atoms with Crippen molar-refractivity contribution in [2.75, 3.05) is 5.73 Å². The van der Waals surface area contributed by atoms with E-state index in [1.165, 1.54) is 11.5 Å². The molecule has 0 amide bonds. The van der Waals surface area contributed by atoms with Crippen LogP contribution in [0.5, 0.6) is 0 Å². The van der Waals surface area contributed by atoms with Gasteiger partial charge in [-0.2, -0.15) is 4.37 Å². The van der Waals surface area contributed by atoms with Gasteiger partial charge >= 0.3 is 0 Å². The Labute approximate surface area is 69.6 Å². The molecule has 0 radical (unpaired) electrons. The number of anilines is 1. The third-order valence-corrected chi connectivity index (χ3v) is 1.72. The van der Waals surface area contributed by atoms with Gasteiger partial charge < -0.3 is 10.5 Å². The average Bonchev–Trinajstić information content (AvgIpc) is 2.31. The highest BCUT2D eigenvalue weighted by molar-refractivity contribution is 7.05. The molecule has 0 aliphatic carbocycles. The summed E-state index contributed by atoms with van der Waals surface area (Å²) in [6.07, 6.45) is 0.222. The fourth-order valence-electron chi connectivity index (χ4n) is 0.565. The SMILES string of the molecule is CC(C)OCc1nc(N)ns1. The van der Waals surface area contributed by atoms with Crippen LogP contribution in [0.1, 0.15) is 18.9 Å². The average molecular weight is 173 g/mol. The first-order valence-electron chi connectivity index (χ1n) is 3.38. The molecule has 1 rings (SSSR count). The van der Waals surface area contributed by atoms with Gasteiger partial charge in [0, 0.05) is 0 Å². The van der Waals surface area contributed by atoms with Crippen LogP contribution >= 0.6 is 11.5 Å². The normalized spacial score (nSPS) is 10.8. The largest absolute Gasteiger partial charge is 0.372 e. The molecule has 5 heteroatoms. The van der Waals surface area contributed by atoms with Crippen LogP contribution in [0.15, 0.2) is 0 Å². The van der Waals surface area contributed by atoms with Crippen molar-refractivity contribution in [3.05, 3.63) is 5.01 Å². The number of nitrogens with two attached hydrogens (primary N) is 1. The van der Waals surface area contributed by atoms with Crippen molar-refractivity contribution in [2.45, 2.75) is 26.6 Å². The molecule has 1 aromatic rings. The fraction of sp³-hybridized carbons (Fsp3) is 0.667. The van der Waals surface area contributed by atoms with Crippen LogP contribution in [0, 0.1) is 0 Å². The van der Waals surface area contributed by atoms with Crippen LogP contribution in [-0.4, -0.2) is 15.5 Å². The number of hydrogen-bond acceptors (Lipinski definition) is 5. The minimum Gasteiger partial charge on any atom is -0.372 e. The molecule has 1 aromatic heterocycles. The molecule has 0 aliphatic heterocycles. The third-order valence-electron chi connectivity index (χ3n) is 1.02. The van der Waals surface area contributed by atoms with Crippen LogP contribution in [0.3, 0.4) is 0 Å². The van der Waals surface area contributed by atoms with E-state index >= 15 is 0 Å². The predicted molar refractivity (Wildman–Crippen MR) is 44.2 cm³/mol.